The van der Waals surface area contributed by atoms with Gasteiger partial charge in [0.15, 0.2) is 0 Å². The van der Waals surface area contributed by atoms with Crippen LogP contribution in [0.2, 0.25) is 0 Å². The Kier molecular flexibility index (Phi) is 6.35. The van der Waals surface area contributed by atoms with E-state index in [1.54, 1.807) is 13.8 Å². The van der Waals surface area contributed by atoms with Crippen molar-refractivity contribution in [2.24, 2.45) is 6.99 Å². The van der Waals surface area contributed by atoms with Crippen molar-refractivity contribution in [2.45, 2.75) is 13.8 Å². The van der Waals surface area contributed by atoms with Crippen LogP contribution in [0.1, 0.15) is 13.8 Å². The second-order valence-electron chi connectivity index (χ2n) is 2.12. The second kappa shape index (κ2) is 6.39. The molecule has 0 aliphatic carbocycles. The number of amides is 1. The topological polar surface area (TPSA) is 62.0 Å². The second-order valence-corrected chi connectivity index (χ2v) is 3.44. The molecule has 70 valence electrons. The zero-order chi connectivity index (χ0) is 10.4. The average molecular weight is 520 g/mol. The van der Waals surface area contributed by atoms with Gasteiger partial charge in [-0.15, -0.1) is 0 Å². The SMILES string of the molecule is CC=C(C(=O)[N]=[W])C(O)=C(C)[N]=[W]. The first-order chi connectivity index (χ1) is 6.08. The number of allylic oxidation sites excluding steroid dienone is 2. The van der Waals surface area contributed by atoms with Crippen molar-refractivity contribution in [1.82, 2.24) is 0 Å². The zero-order valence-corrected chi connectivity index (χ0v) is 13.0. The Labute approximate surface area is 98.6 Å². The molecule has 0 unspecified atom stereocenters. The van der Waals surface area contributed by atoms with Crippen LogP contribution in [0.5, 0.6) is 0 Å². The summed E-state index contributed by atoms with van der Waals surface area (Å²) in [5.74, 6) is -0.472. The van der Waals surface area contributed by atoms with Gasteiger partial charge in [0, 0.05) is 0 Å². The molecule has 0 saturated carbocycles. The van der Waals surface area contributed by atoms with E-state index in [0.717, 1.165) is 39.3 Å². The Balaban J connectivity index is 5.14. The third-order valence-electron chi connectivity index (χ3n) is 1.34. The number of hydrogen-bond donors (Lipinski definition) is 1. The molecule has 13 heavy (non-hydrogen) atoms. The monoisotopic (exact) mass is 520 g/mol. The maximum absolute atomic E-state index is 11.2. The van der Waals surface area contributed by atoms with Crippen molar-refractivity contribution in [3.8, 4) is 0 Å². The third-order valence-corrected chi connectivity index (χ3v) is 2.92. The van der Waals surface area contributed by atoms with Gasteiger partial charge in [-0.3, -0.25) is 0 Å². The van der Waals surface area contributed by atoms with E-state index in [1.165, 1.54) is 6.08 Å². The van der Waals surface area contributed by atoms with Gasteiger partial charge in [-0.25, -0.2) is 0 Å². The fourth-order valence-corrected chi connectivity index (χ4v) is 1.31. The van der Waals surface area contributed by atoms with Gasteiger partial charge in [0.25, 0.3) is 0 Å². The molecular weight excluding hydrogens is 512 g/mol. The molecule has 0 aromatic heterocycles. The van der Waals surface area contributed by atoms with Crippen molar-refractivity contribution in [2.75, 3.05) is 0 Å². The zero-order valence-electron chi connectivity index (χ0n) is 7.14. The molecule has 0 bridgehead atoms. The van der Waals surface area contributed by atoms with Gasteiger partial charge in [0.05, 0.1) is 0 Å². The minimum absolute atomic E-state index is 0.0764. The summed E-state index contributed by atoms with van der Waals surface area (Å²) in [4.78, 5) is 11.2. The van der Waals surface area contributed by atoms with E-state index < -0.39 is 5.91 Å². The predicted octanol–water partition coefficient (Wildman–Crippen LogP) is 1.71. The predicted molar refractivity (Wildman–Crippen MR) is 38.9 cm³/mol. The Morgan fingerprint density at radius 1 is 1.38 bits per heavy atom. The first-order valence-electron chi connectivity index (χ1n) is 3.36. The molecule has 0 aromatic rings. The quantitative estimate of drug-likeness (QED) is 0.351. The van der Waals surface area contributed by atoms with Crippen molar-refractivity contribution < 1.29 is 49.2 Å². The number of carbonyl (C=O) groups excluding carboxylic acids is 1. The molecule has 0 fully saturated rings. The van der Waals surface area contributed by atoms with E-state index in [4.69, 9.17) is 0 Å². The summed E-state index contributed by atoms with van der Waals surface area (Å²) in [5.41, 5.74) is 0.688. The summed E-state index contributed by atoms with van der Waals surface area (Å²) in [5, 5.41) is 9.54. The van der Waals surface area contributed by atoms with Crippen LogP contribution in [-0.2, 0) is 44.1 Å². The van der Waals surface area contributed by atoms with Crippen molar-refractivity contribution in [3.63, 3.8) is 0 Å². The van der Waals surface area contributed by atoms with Gasteiger partial charge in [0.1, 0.15) is 0 Å². The molecular formula is C7H8N2O2W2. The van der Waals surface area contributed by atoms with E-state index in [2.05, 4.69) is 6.99 Å². The Morgan fingerprint density at radius 3 is 2.23 bits per heavy atom. The van der Waals surface area contributed by atoms with Crippen LogP contribution >= 0.6 is 0 Å². The molecule has 0 heterocycles. The minimum atomic E-state index is -0.395. The molecule has 1 amide bonds. The number of carbonyl (C=O) groups is 1. The summed E-state index contributed by atoms with van der Waals surface area (Å²) < 4.78 is 7.40. The number of nitrogens with zero attached hydrogens (tertiary/aromatic N) is 2. The summed E-state index contributed by atoms with van der Waals surface area (Å²) in [6.45, 7) is 3.33. The molecule has 1 N–H and O–H groups in total. The Hall–Kier alpha value is -0.0734. The number of hydrogen-bond acceptors (Lipinski definition) is 3. The van der Waals surface area contributed by atoms with Crippen molar-refractivity contribution in [1.29, 1.82) is 0 Å². The van der Waals surface area contributed by atoms with E-state index in [-0.39, 0.29) is 11.3 Å². The summed E-state index contributed by atoms with van der Waals surface area (Å²) in [6.07, 6.45) is 1.54. The molecule has 0 aliphatic heterocycles. The molecule has 0 rings (SSSR count). The van der Waals surface area contributed by atoms with Crippen molar-refractivity contribution in [3.05, 3.63) is 23.1 Å². The average Bonchev–Trinajstić information content (AvgIpc) is 2.17. The molecule has 0 atom stereocenters. The molecule has 0 aliphatic rings. The first-order valence-corrected chi connectivity index (χ1v) is 5.98. The maximum atomic E-state index is 11.2. The van der Waals surface area contributed by atoms with Gasteiger partial charge in [0.2, 0.25) is 0 Å². The molecule has 0 radical (unpaired) electrons. The molecule has 6 heteroatoms. The number of aliphatic hydroxyl groups excluding tert-OH is 1. The van der Waals surface area contributed by atoms with Crippen LogP contribution in [0.3, 0.4) is 0 Å². The molecule has 0 saturated heterocycles. The van der Waals surface area contributed by atoms with Gasteiger partial charge < -0.3 is 0 Å². The van der Waals surface area contributed by atoms with E-state index in [1.807, 2.05) is 0 Å². The summed E-state index contributed by atoms with van der Waals surface area (Å²) in [7, 11) is 0. The fourth-order valence-electron chi connectivity index (χ4n) is 0.649. The van der Waals surface area contributed by atoms with Gasteiger partial charge >= 0.3 is 99.0 Å². The molecule has 0 spiro atoms. The van der Waals surface area contributed by atoms with Crippen LogP contribution in [0.4, 0.5) is 0 Å². The Bertz CT molecular complexity index is 308. The summed E-state index contributed by atoms with van der Waals surface area (Å²) >= 11 is 1.81. The van der Waals surface area contributed by atoms with Crippen LogP contribution in [0.25, 0.3) is 0 Å². The van der Waals surface area contributed by atoms with Gasteiger partial charge in [-0.2, -0.15) is 0 Å². The van der Waals surface area contributed by atoms with Gasteiger partial charge in [-0.05, 0) is 0 Å². The number of rotatable bonds is 3. The van der Waals surface area contributed by atoms with Crippen LogP contribution in [0, 0.1) is 0 Å². The normalized spacial score (nSPS) is 13.2. The van der Waals surface area contributed by atoms with E-state index in [9.17, 15) is 9.90 Å². The molecule has 4 nitrogen and oxygen atoms in total. The van der Waals surface area contributed by atoms with Crippen molar-refractivity contribution >= 4 is 5.91 Å². The standard InChI is InChI=1S/C7H8N2O2.2W/c1-3-5(7(9)11)6(10)4(2)8;;/h3,10H,1-2H3;;. The van der Waals surface area contributed by atoms with Crippen LogP contribution in [-0.4, -0.2) is 11.0 Å². The molecule has 0 aromatic carbocycles. The van der Waals surface area contributed by atoms with Gasteiger partial charge in [-0.1, -0.05) is 0 Å². The fraction of sp³-hybridized carbons (Fsp3) is 0.286. The van der Waals surface area contributed by atoms with Crippen LogP contribution in [0.15, 0.2) is 30.1 Å². The third kappa shape index (κ3) is 3.66. The van der Waals surface area contributed by atoms with E-state index in [0.29, 0.717) is 5.70 Å². The van der Waals surface area contributed by atoms with Crippen LogP contribution < -0.4 is 0 Å². The Morgan fingerprint density at radius 2 is 1.92 bits per heavy atom. The van der Waals surface area contributed by atoms with E-state index >= 15 is 0 Å². The summed E-state index contributed by atoms with van der Waals surface area (Å²) in [6, 6.07) is 0. The number of aliphatic hydroxyl groups is 1. The first kappa shape index (κ1) is 12.9.